The van der Waals surface area contributed by atoms with E-state index >= 15 is 0 Å². The number of rotatable bonds is 12. The van der Waals surface area contributed by atoms with Crippen LogP contribution in [0.3, 0.4) is 0 Å². The molecule has 0 aliphatic rings. The van der Waals surface area contributed by atoms with E-state index in [1.165, 1.54) is 57.4 Å². The maximum Gasteiger partial charge on any atom is 1.00 e. The van der Waals surface area contributed by atoms with E-state index in [1.54, 1.807) is 6.07 Å². The summed E-state index contributed by atoms with van der Waals surface area (Å²) < 4.78 is 34.0. The normalized spacial score (nSPS) is 11.3. The van der Waals surface area contributed by atoms with Gasteiger partial charge in [-0.2, -0.15) is 0 Å². The number of benzene rings is 1. The molecule has 5 heteroatoms. The summed E-state index contributed by atoms with van der Waals surface area (Å²) in [6, 6.07) is 4.95. The summed E-state index contributed by atoms with van der Waals surface area (Å²) in [6.07, 6.45) is 13.2. The van der Waals surface area contributed by atoms with Crippen LogP contribution in [0.5, 0.6) is 0 Å². The van der Waals surface area contributed by atoms with Gasteiger partial charge >= 0.3 is 18.9 Å². The van der Waals surface area contributed by atoms with Gasteiger partial charge in [-0.1, -0.05) is 76.8 Å². The van der Waals surface area contributed by atoms with Crippen molar-refractivity contribution in [2.24, 2.45) is 0 Å². The van der Waals surface area contributed by atoms with E-state index < -0.39 is 10.1 Å². The van der Waals surface area contributed by atoms with Gasteiger partial charge in [-0.05, 0) is 37.0 Å². The Balaban J connectivity index is 0.00000529. The van der Waals surface area contributed by atoms with Crippen molar-refractivity contribution in [3.8, 4) is 0 Å². The van der Waals surface area contributed by atoms with Crippen LogP contribution in [0.25, 0.3) is 0 Å². The van der Waals surface area contributed by atoms with Gasteiger partial charge in [0.2, 0.25) is 0 Å². The van der Waals surface area contributed by atoms with E-state index in [2.05, 4.69) is 6.92 Å². The Morgan fingerprint density at radius 3 is 1.88 bits per heavy atom. The van der Waals surface area contributed by atoms with Gasteiger partial charge in [0.25, 0.3) is 0 Å². The molecular weight excluding hydrogens is 315 g/mol. The molecule has 0 N–H and O–H groups in total. The van der Waals surface area contributed by atoms with E-state index in [9.17, 15) is 13.0 Å². The van der Waals surface area contributed by atoms with Gasteiger partial charge in [-0.25, -0.2) is 8.42 Å². The second-order valence-corrected chi connectivity index (χ2v) is 7.79. The van der Waals surface area contributed by atoms with E-state index in [4.69, 9.17) is 0 Å². The molecule has 0 aromatic heterocycles. The average molecular weight is 346 g/mol. The largest absolute Gasteiger partial charge is 1.00 e. The summed E-state index contributed by atoms with van der Waals surface area (Å²) in [5.41, 5.74) is 1.61. The molecule has 24 heavy (non-hydrogen) atoms. The molecule has 3 nitrogen and oxygen atoms in total. The first-order valence-corrected chi connectivity index (χ1v) is 10.4. The average Bonchev–Trinajstić information content (AvgIpc) is 2.49. The zero-order valence-electron chi connectivity index (χ0n) is 15.6. The molecule has 0 amide bonds. The fourth-order valence-electron chi connectivity index (χ4n) is 3.02. The summed E-state index contributed by atoms with van der Waals surface area (Å²) in [7, 11) is -4.37. The van der Waals surface area contributed by atoms with Crippen LogP contribution in [-0.2, 0) is 16.5 Å². The van der Waals surface area contributed by atoms with Gasteiger partial charge in [0.15, 0.2) is 0 Å². The van der Waals surface area contributed by atoms with Crippen molar-refractivity contribution in [2.45, 2.75) is 89.4 Å². The molecule has 132 valence electrons. The van der Waals surface area contributed by atoms with E-state index in [-0.39, 0.29) is 23.8 Å². The van der Waals surface area contributed by atoms with E-state index in [0.29, 0.717) is 12.0 Å². The summed E-state index contributed by atoms with van der Waals surface area (Å²) in [4.78, 5) is -0.0339. The van der Waals surface area contributed by atoms with Crippen molar-refractivity contribution in [3.05, 3.63) is 29.3 Å². The molecule has 0 saturated carbocycles. The molecule has 0 aliphatic carbocycles. The molecule has 0 radical (unpaired) electrons. The molecule has 1 rings (SSSR count). The summed E-state index contributed by atoms with van der Waals surface area (Å²) in [5, 5.41) is 0. The van der Waals surface area contributed by atoms with Gasteiger partial charge in [0.1, 0.15) is 10.1 Å². The Bertz CT molecular complexity index is 556. The molecule has 1 aromatic rings. The van der Waals surface area contributed by atoms with Crippen LogP contribution < -0.4 is 18.9 Å². The molecule has 0 unspecified atom stereocenters. The first-order chi connectivity index (χ1) is 11.0. The molecular formula is C19H31LiO3S. The maximum absolute atomic E-state index is 11.3. The predicted molar refractivity (Wildman–Crippen MR) is 94.7 cm³/mol. The third kappa shape index (κ3) is 9.27. The van der Waals surface area contributed by atoms with Gasteiger partial charge in [0, 0.05) is 0 Å². The minimum absolute atomic E-state index is 0. The molecule has 0 heterocycles. The Labute approximate surface area is 160 Å². The van der Waals surface area contributed by atoms with Gasteiger partial charge in [-0.15, -0.1) is 0 Å². The summed E-state index contributed by atoms with van der Waals surface area (Å²) in [5.74, 6) is 0. The van der Waals surface area contributed by atoms with Crippen LogP contribution in [0.15, 0.2) is 23.1 Å². The fourth-order valence-corrected chi connectivity index (χ4v) is 3.83. The first-order valence-electron chi connectivity index (χ1n) is 9.01. The maximum atomic E-state index is 11.3. The minimum Gasteiger partial charge on any atom is -0.744 e. The Kier molecular flexibility index (Phi) is 12.9. The monoisotopic (exact) mass is 346 g/mol. The SMILES string of the molecule is CCCCCCCCCCCCc1c(C)cccc1S(=O)(=O)[O-].[Li+]. The van der Waals surface area contributed by atoms with Gasteiger partial charge in [-0.3, -0.25) is 0 Å². The van der Waals surface area contributed by atoms with Crippen molar-refractivity contribution in [2.75, 3.05) is 0 Å². The Hall–Kier alpha value is -0.273. The number of hydrogen-bond donors (Lipinski definition) is 0. The zero-order chi connectivity index (χ0) is 17.1. The van der Waals surface area contributed by atoms with Crippen LogP contribution in [0, 0.1) is 6.92 Å². The van der Waals surface area contributed by atoms with Crippen LogP contribution in [0.1, 0.15) is 82.3 Å². The van der Waals surface area contributed by atoms with E-state index in [0.717, 1.165) is 18.4 Å². The molecule has 1 aromatic carbocycles. The first kappa shape index (κ1) is 23.7. The number of aryl methyl sites for hydroxylation is 1. The van der Waals surface area contributed by atoms with Crippen molar-refractivity contribution < 1.29 is 31.8 Å². The zero-order valence-corrected chi connectivity index (χ0v) is 16.5. The van der Waals surface area contributed by atoms with Crippen molar-refractivity contribution in [3.63, 3.8) is 0 Å². The Morgan fingerprint density at radius 2 is 1.38 bits per heavy atom. The molecule has 0 saturated heterocycles. The summed E-state index contributed by atoms with van der Waals surface area (Å²) in [6.45, 7) is 4.11. The van der Waals surface area contributed by atoms with Crippen molar-refractivity contribution in [1.82, 2.24) is 0 Å². The van der Waals surface area contributed by atoms with Crippen molar-refractivity contribution in [1.29, 1.82) is 0 Å². The van der Waals surface area contributed by atoms with Crippen LogP contribution in [-0.4, -0.2) is 13.0 Å². The molecule has 0 spiro atoms. The van der Waals surface area contributed by atoms with E-state index in [1.807, 2.05) is 13.0 Å². The van der Waals surface area contributed by atoms with Crippen LogP contribution >= 0.6 is 0 Å². The van der Waals surface area contributed by atoms with Crippen molar-refractivity contribution >= 4 is 10.1 Å². The van der Waals surface area contributed by atoms with Crippen LogP contribution in [0.2, 0.25) is 0 Å². The standard InChI is InChI=1S/C19H32O3S.Li/c1-3-4-5-6-7-8-9-10-11-12-15-18-17(2)14-13-16-19(18)23(20,21)22;/h13-14,16H,3-12,15H2,1-2H3,(H,20,21,22);/q;+1/p-1. The fraction of sp³-hybridized carbons (Fsp3) is 0.684. The van der Waals surface area contributed by atoms with Gasteiger partial charge in [0.05, 0.1) is 4.90 Å². The number of hydrogen-bond acceptors (Lipinski definition) is 3. The quantitative estimate of drug-likeness (QED) is 0.332. The Morgan fingerprint density at radius 1 is 0.875 bits per heavy atom. The molecule has 0 bridgehead atoms. The molecule has 0 fully saturated rings. The van der Waals surface area contributed by atoms with Gasteiger partial charge < -0.3 is 4.55 Å². The topological polar surface area (TPSA) is 57.2 Å². The summed E-state index contributed by atoms with van der Waals surface area (Å²) >= 11 is 0. The molecule has 0 atom stereocenters. The molecule has 0 aliphatic heterocycles. The number of unbranched alkanes of at least 4 members (excludes halogenated alkanes) is 9. The minimum atomic E-state index is -4.37. The predicted octanol–water partition coefficient (Wildman–Crippen LogP) is 2.37. The second-order valence-electron chi connectivity index (χ2n) is 6.44. The second kappa shape index (κ2) is 13.0. The third-order valence-corrected chi connectivity index (χ3v) is 5.34. The van der Waals surface area contributed by atoms with Crippen LogP contribution in [0.4, 0.5) is 0 Å². The smallest absolute Gasteiger partial charge is 0.744 e. The third-order valence-electron chi connectivity index (χ3n) is 4.42.